The number of amides is 1. The molecule has 3 nitrogen and oxygen atoms in total. The second-order valence-electron chi connectivity index (χ2n) is 7.16. The van der Waals surface area contributed by atoms with Crippen LogP contribution in [0, 0.1) is 5.92 Å². The number of benzene rings is 1. The second-order valence-corrected chi connectivity index (χ2v) is 7.16. The van der Waals surface area contributed by atoms with E-state index >= 15 is 0 Å². The van der Waals surface area contributed by atoms with Crippen molar-refractivity contribution in [2.24, 2.45) is 5.92 Å². The summed E-state index contributed by atoms with van der Waals surface area (Å²) in [5.74, 6) is 0.198. The summed E-state index contributed by atoms with van der Waals surface area (Å²) in [6.45, 7) is 7.39. The van der Waals surface area contributed by atoms with Gasteiger partial charge in [-0.25, -0.2) is 0 Å². The van der Waals surface area contributed by atoms with Gasteiger partial charge in [-0.05, 0) is 56.9 Å². The lowest BCUT2D eigenvalue weighted by molar-refractivity contribution is -0.123. The van der Waals surface area contributed by atoms with Crippen molar-refractivity contribution in [2.45, 2.75) is 39.2 Å². The summed E-state index contributed by atoms with van der Waals surface area (Å²) in [6.07, 6.45) is 7.86. The Bertz CT molecular complexity index is 612. The largest absolute Gasteiger partial charge is 0.369 e. The highest BCUT2D eigenvalue weighted by molar-refractivity contribution is 5.82. The summed E-state index contributed by atoms with van der Waals surface area (Å²) >= 11 is 0. The molecule has 0 atom stereocenters. The van der Waals surface area contributed by atoms with Crippen molar-refractivity contribution < 1.29 is 4.79 Å². The standard InChI is InChI=1S/C19H24N2O/c1-19(2,3)21-10-8-17(9-11-21)20-18(22)16-12-14-6-4-5-7-15(14)13-16/h4-10,16H,11-13H2,1-3H3,(H,20,22). The lowest BCUT2D eigenvalue weighted by Crippen LogP contribution is -2.39. The topological polar surface area (TPSA) is 32.3 Å². The Morgan fingerprint density at radius 2 is 1.82 bits per heavy atom. The fourth-order valence-electron chi connectivity index (χ4n) is 3.07. The summed E-state index contributed by atoms with van der Waals surface area (Å²) in [7, 11) is 0. The first-order valence-corrected chi connectivity index (χ1v) is 7.96. The molecule has 1 aliphatic carbocycles. The van der Waals surface area contributed by atoms with Crippen LogP contribution in [0.3, 0.4) is 0 Å². The van der Waals surface area contributed by atoms with Crippen molar-refractivity contribution in [3.05, 3.63) is 59.4 Å². The van der Waals surface area contributed by atoms with Crippen molar-refractivity contribution in [3.8, 4) is 0 Å². The van der Waals surface area contributed by atoms with Gasteiger partial charge < -0.3 is 10.2 Å². The molecule has 1 aliphatic heterocycles. The van der Waals surface area contributed by atoms with Crippen molar-refractivity contribution in [1.82, 2.24) is 10.2 Å². The van der Waals surface area contributed by atoms with Gasteiger partial charge in [-0.2, -0.15) is 0 Å². The molecule has 0 radical (unpaired) electrons. The Morgan fingerprint density at radius 1 is 1.18 bits per heavy atom. The summed E-state index contributed by atoms with van der Waals surface area (Å²) < 4.78 is 0. The first-order chi connectivity index (χ1) is 10.4. The summed E-state index contributed by atoms with van der Waals surface area (Å²) in [6, 6.07) is 8.35. The van der Waals surface area contributed by atoms with Gasteiger partial charge in [0.2, 0.25) is 5.91 Å². The van der Waals surface area contributed by atoms with Gasteiger partial charge in [0.1, 0.15) is 0 Å². The molecule has 0 saturated heterocycles. The Hall–Kier alpha value is -2.03. The number of hydrogen-bond donors (Lipinski definition) is 1. The molecule has 1 amide bonds. The first-order valence-electron chi connectivity index (χ1n) is 7.96. The number of rotatable bonds is 2. The molecule has 1 heterocycles. The van der Waals surface area contributed by atoms with Gasteiger partial charge in [0.05, 0.1) is 0 Å². The highest BCUT2D eigenvalue weighted by atomic mass is 16.1. The smallest absolute Gasteiger partial charge is 0.228 e. The molecule has 0 spiro atoms. The maximum atomic E-state index is 12.5. The Kier molecular flexibility index (Phi) is 3.81. The summed E-state index contributed by atoms with van der Waals surface area (Å²) in [5.41, 5.74) is 3.65. The number of fused-ring (bicyclic) bond motifs is 1. The SMILES string of the molecule is CC(C)(C)N1C=CC(NC(=O)C2Cc3ccccc3C2)=CC1. The van der Waals surface area contributed by atoms with E-state index in [-0.39, 0.29) is 17.4 Å². The van der Waals surface area contributed by atoms with E-state index in [1.54, 1.807) is 0 Å². The zero-order valence-corrected chi connectivity index (χ0v) is 13.6. The number of allylic oxidation sites excluding steroid dienone is 1. The minimum absolute atomic E-state index is 0.0624. The maximum absolute atomic E-state index is 12.5. The molecule has 2 aliphatic rings. The first kappa shape index (κ1) is 14.9. The van der Waals surface area contributed by atoms with Crippen molar-refractivity contribution in [2.75, 3.05) is 6.54 Å². The molecule has 0 aromatic heterocycles. The quantitative estimate of drug-likeness (QED) is 0.910. The van der Waals surface area contributed by atoms with Gasteiger partial charge >= 0.3 is 0 Å². The van der Waals surface area contributed by atoms with Gasteiger partial charge in [0, 0.05) is 29.9 Å². The van der Waals surface area contributed by atoms with Crippen LogP contribution in [-0.4, -0.2) is 22.9 Å². The lowest BCUT2D eigenvalue weighted by Gasteiger charge is -2.35. The fourth-order valence-corrected chi connectivity index (χ4v) is 3.07. The average molecular weight is 296 g/mol. The van der Waals surface area contributed by atoms with E-state index in [0.717, 1.165) is 25.1 Å². The third-order valence-corrected chi connectivity index (χ3v) is 4.49. The fraction of sp³-hybridized carbons (Fsp3) is 0.421. The average Bonchev–Trinajstić information content (AvgIpc) is 2.91. The van der Waals surface area contributed by atoms with Crippen LogP contribution in [-0.2, 0) is 17.6 Å². The van der Waals surface area contributed by atoms with Crippen LogP contribution >= 0.6 is 0 Å². The van der Waals surface area contributed by atoms with Crippen molar-refractivity contribution in [1.29, 1.82) is 0 Å². The van der Waals surface area contributed by atoms with E-state index in [1.165, 1.54) is 11.1 Å². The summed E-state index contributed by atoms with van der Waals surface area (Å²) in [4.78, 5) is 14.7. The lowest BCUT2D eigenvalue weighted by atomic mass is 10.0. The molecular formula is C19H24N2O. The van der Waals surface area contributed by atoms with Crippen molar-refractivity contribution in [3.63, 3.8) is 0 Å². The third-order valence-electron chi connectivity index (χ3n) is 4.49. The Morgan fingerprint density at radius 3 is 2.32 bits per heavy atom. The van der Waals surface area contributed by atoms with E-state index in [4.69, 9.17) is 0 Å². The molecular weight excluding hydrogens is 272 g/mol. The van der Waals surface area contributed by atoms with Crippen LogP contribution in [0.15, 0.2) is 48.3 Å². The number of carbonyl (C=O) groups excluding carboxylic acids is 1. The monoisotopic (exact) mass is 296 g/mol. The van der Waals surface area contributed by atoms with Crippen molar-refractivity contribution >= 4 is 5.91 Å². The highest BCUT2D eigenvalue weighted by Gasteiger charge is 2.27. The van der Waals surface area contributed by atoms with E-state index < -0.39 is 0 Å². The predicted octanol–water partition coefficient (Wildman–Crippen LogP) is 3.03. The zero-order valence-electron chi connectivity index (χ0n) is 13.6. The van der Waals surface area contributed by atoms with Crippen LogP contribution < -0.4 is 5.32 Å². The number of nitrogens with zero attached hydrogens (tertiary/aromatic N) is 1. The van der Waals surface area contributed by atoms with Crippen LogP contribution in [0.5, 0.6) is 0 Å². The molecule has 22 heavy (non-hydrogen) atoms. The maximum Gasteiger partial charge on any atom is 0.228 e. The van der Waals surface area contributed by atoms with Gasteiger partial charge in [-0.3, -0.25) is 4.79 Å². The van der Waals surface area contributed by atoms with E-state index in [0.29, 0.717) is 0 Å². The molecule has 3 rings (SSSR count). The Labute approximate surface area is 132 Å². The Balaban J connectivity index is 1.58. The van der Waals surface area contributed by atoms with Gasteiger partial charge in [0.15, 0.2) is 0 Å². The molecule has 0 fully saturated rings. The van der Waals surface area contributed by atoms with Crippen LogP contribution in [0.25, 0.3) is 0 Å². The molecule has 1 N–H and O–H groups in total. The number of carbonyl (C=O) groups is 1. The molecule has 3 heteroatoms. The van der Waals surface area contributed by atoms with E-state index in [1.807, 2.05) is 18.2 Å². The van der Waals surface area contributed by atoms with Crippen LogP contribution in [0.1, 0.15) is 31.9 Å². The highest BCUT2D eigenvalue weighted by Crippen LogP contribution is 2.27. The van der Waals surface area contributed by atoms with Gasteiger partial charge in [-0.15, -0.1) is 0 Å². The molecule has 1 aromatic rings. The second kappa shape index (κ2) is 5.64. The van der Waals surface area contributed by atoms with Crippen LogP contribution in [0.2, 0.25) is 0 Å². The third kappa shape index (κ3) is 3.08. The number of nitrogens with one attached hydrogen (secondary N) is 1. The minimum atomic E-state index is 0.0624. The molecule has 1 aromatic carbocycles. The van der Waals surface area contributed by atoms with Crippen LogP contribution in [0.4, 0.5) is 0 Å². The molecule has 0 bridgehead atoms. The normalized spacial score (nSPS) is 18.1. The number of hydrogen-bond acceptors (Lipinski definition) is 2. The van der Waals surface area contributed by atoms with E-state index in [2.05, 4.69) is 55.4 Å². The van der Waals surface area contributed by atoms with E-state index in [9.17, 15) is 4.79 Å². The molecule has 0 unspecified atom stereocenters. The van der Waals surface area contributed by atoms with Gasteiger partial charge in [-0.1, -0.05) is 24.3 Å². The zero-order chi connectivity index (χ0) is 15.7. The van der Waals surface area contributed by atoms with Gasteiger partial charge in [0.25, 0.3) is 0 Å². The molecule has 116 valence electrons. The molecule has 0 saturated carbocycles. The summed E-state index contributed by atoms with van der Waals surface area (Å²) in [5, 5.41) is 3.08. The predicted molar refractivity (Wildman–Crippen MR) is 89.2 cm³/mol. The minimum Gasteiger partial charge on any atom is -0.369 e.